The molecule has 1 unspecified atom stereocenters. The molecule has 150 valence electrons. The van der Waals surface area contributed by atoms with Gasteiger partial charge in [0, 0.05) is 57.4 Å². The summed E-state index contributed by atoms with van der Waals surface area (Å²) >= 11 is 0. The van der Waals surface area contributed by atoms with E-state index in [0.29, 0.717) is 18.7 Å². The lowest BCUT2D eigenvalue weighted by Crippen LogP contribution is -2.46. The highest BCUT2D eigenvalue weighted by Crippen LogP contribution is 2.25. The zero-order valence-corrected chi connectivity index (χ0v) is 16.8. The van der Waals surface area contributed by atoms with Crippen molar-refractivity contribution in [3.8, 4) is 0 Å². The quantitative estimate of drug-likeness (QED) is 0.749. The third-order valence-corrected chi connectivity index (χ3v) is 7.42. The smallest absolute Gasteiger partial charge is 0.251 e. The van der Waals surface area contributed by atoms with Crippen LogP contribution < -0.4 is 10.6 Å². The molecule has 2 heterocycles. The average Bonchev–Trinajstić information content (AvgIpc) is 2.69. The summed E-state index contributed by atoms with van der Waals surface area (Å²) in [6.45, 7) is 7.90. The summed E-state index contributed by atoms with van der Waals surface area (Å²) in [5.41, 5.74) is 0.487. The largest absolute Gasteiger partial charge is 0.351 e. The number of nitrogens with zero attached hydrogens (tertiary/aromatic N) is 2. The number of hydrogen-bond donors (Lipinski definition) is 2. The number of hydrogen-bond acceptors (Lipinski definition) is 5. The Labute approximate surface area is 162 Å². The van der Waals surface area contributed by atoms with E-state index in [1.165, 1.54) is 0 Å². The van der Waals surface area contributed by atoms with E-state index in [1.807, 2.05) is 6.92 Å². The van der Waals surface area contributed by atoms with Crippen molar-refractivity contribution in [2.45, 2.75) is 37.1 Å². The Balaban J connectivity index is 1.56. The van der Waals surface area contributed by atoms with Gasteiger partial charge in [-0.1, -0.05) is 6.42 Å². The van der Waals surface area contributed by atoms with Crippen molar-refractivity contribution >= 4 is 15.9 Å². The van der Waals surface area contributed by atoms with Gasteiger partial charge in [0.15, 0.2) is 0 Å². The van der Waals surface area contributed by atoms with Crippen molar-refractivity contribution in [3.05, 3.63) is 29.8 Å². The molecule has 0 saturated carbocycles. The number of carbonyl (C=O) groups is 1. The van der Waals surface area contributed by atoms with Crippen molar-refractivity contribution < 1.29 is 13.2 Å². The molecule has 0 aromatic heterocycles. The fourth-order valence-corrected chi connectivity index (χ4v) is 5.41. The number of benzene rings is 1. The Kier molecular flexibility index (Phi) is 6.86. The molecule has 2 aliphatic rings. The fourth-order valence-electron chi connectivity index (χ4n) is 3.71. The molecule has 7 nitrogen and oxygen atoms in total. The van der Waals surface area contributed by atoms with Crippen LogP contribution in [0.4, 0.5) is 0 Å². The normalized spacial score (nSPS) is 22.5. The Morgan fingerprint density at radius 1 is 1.15 bits per heavy atom. The summed E-state index contributed by atoms with van der Waals surface area (Å²) in [4.78, 5) is 14.9. The number of piperidine rings is 1. The van der Waals surface area contributed by atoms with Gasteiger partial charge in [0.05, 0.1) is 4.90 Å². The highest BCUT2D eigenvalue weighted by atomic mass is 32.2. The van der Waals surface area contributed by atoms with Crippen LogP contribution in [0, 0.1) is 0 Å². The summed E-state index contributed by atoms with van der Waals surface area (Å²) in [7, 11) is -3.50. The molecule has 2 N–H and O–H groups in total. The first-order valence-electron chi connectivity index (χ1n) is 9.81. The van der Waals surface area contributed by atoms with E-state index >= 15 is 0 Å². The predicted molar refractivity (Wildman–Crippen MR) is 105 cm³/mol. The van der Waals surface area contributed by atoms with E-state index < -0.39 is 10.0 Å². The molecule has 0 radical (unpaired) electrons. The summed E-state index contributed by atoms with van der Waals surface area (Å²) in [5, 5.41) is 6.22. The maximum Gasteiger partial charge on any atom is 0.251 e. The van der Waals surface area contributed by atoms with Crippen LogP contribution in [0.15, 0.2) is 29.2 Å². The second-order valence-electron chi connectivity index (χ2n) is 7.33. The van der Waals surface area contributed by atoms with Gasteiger partial charge in [-0.2, -0.15) is 4.31 Å². The Hall–Kier alpha value is -1.48. The van der Waals surface area contributed by atoms with Gasteiger partial charge in [-0.15, -0.1) is 0 Å². The topological polar surface area (TPSA) is 81.8 Å². The number of nitrogens with one attached hydrogen (secondary N) is 2. The molecule has 0 spiro atoms. The zero-order valence-electron chi connectivity index (χ0n) is 16.0. The van der Waals surface area contributed by atoms with E-state index in [0.717, 1.165) is 52.0 Å². The Morgan fingerprint density at radius 2 is 1.85 bits per heavy atom. The van der Waals surface area contributed by atoms with Gasteiger partial charge in [-0.05, 0) is 44.0 Å². The van der Waals surface area contributed by atoms with Gasteiger partial charge in [0.1, 0.15) is 0 Å². The van der Waals surface area contributed by atoms with Crippen molar-refractivity contribution in [2.75, 3.05) is 45.8 Å². The van der Waals surface area contributed by atoms with E-state index in [9.17, 15) is 13.2 Å². The van der Waals surface area contributed by atoms with Crippen LogP contribution in [0.2, 0.25) is 0 Å². The monoisotopic (exact) mass is 394 g/mol. The molecule has 0 bridgehead atoms. The molecule has 1 aromatic carbocycles. The lowest BCUT2D eigenvalue weighted by atomic mass is 10.1. The van der Waals surface area contributed by atoms with Gasteiger partial charge in [-0.25, -0.2) is 8.42 Å². The van der Waals surface area contributed by atoms with Crippen LogP contribution in [0.25, 0.3) is 0 Å². The molecule has 2 aliphatic heterocycles. The molecule has 8 heteroatoms. The first kappa shape index (κ1) is 20.3. The molecule has 2 fully saturated rings. The molecule has 3 rings (SSSR count). The van der Waals surface area contributed by atoms with Crippen LogP contribution in [0.1, 0.15) is 36.5 Å². The molecule has 0 aliphatic carbocycles. The molecular weight excluding hydrogens is 364 g/mol. The number of piperazine rings is 1. The van der Waals surface area contributed by atoms with Gasteiger partial charge >= 0.3 is 0 Å². The lowest BCUT2D eigenvalue weighted by molar-refractivity contribution is 0.0947. The van der Waals surface area contributed by atoms with Crippen LogP contribution in [-0.4, -0.2) is 75.4 Å². The summed E-state index contributed by atoms with van der Waals surface area (Å²) in [6, 6.07) is 6.31. The average molecular weight is 395 g/mol. The molecule has 1 aromatic rings. The maximum atomic E-state index is 12.8. The molecule has 27 heavy (non-hydrogen) atoms. The van der Waals surface area contributed by atoms with Gasteiger partial charge in [-0.3, -0.25) is 9.69 Å². The molecule has 1 atom stereocenters. The Bertz CT molecular complexity index is 730. The fraction of sp³-hybridized carbons (Fsp3) is 0.632. The Morgan fingerprint density at radius 3 is 2.52 bits per heavy atom. The number of rotatable bonds is 6. The lowest BCUT2D eigenvalue weighted by Gasteiger charge is -2.32. The highest BCUT2D eigenvalue weighted by Gasteiger charge is 2.30. The van der Waals surface area contributed by atoms with E-state index in [4.69, 9.17) is 0 Å². The summed E-state index contributed by atoms with van der Waals surface area (Å²) < 4.78 is 27.3. The van der Waals surface area contributed by atoms with Crippen LogP contribution in [-0.2, 0) is 10.0 Å². The second-order valence-corrected chi connectivity index (χ2v) is 9.22. The van der Waals surface area contributed by atoms with E-state index in [2.05, 4.69) is 15.5 Å². The van der Waals surface area contributed by atoms with Crippen LogP contribution in [0.5, 0.6) is 0 Å². The third kappa shape index (κ3) is 5.07. The minimum absolute atomic E-state index is 0.0247. The van der Waals surface area contributed by atoms with Crippen molar-refractivity contribution in [2.24, 2.45) is 0 Å². The van der Waals surface area contributed by atoms with Crippen LogP contribution >= 0.6 is 0 Å². The summed E-state index contributed by atoms with van der Waals surface area (Å²) in [6.07, 6.45) is 2.87. The molecular formula is C19H30N4O3S. The first-order valence-corrected chi connectivity index (χ1v) is 11.3. The SMILES string of the molecule is CC1CCCCN1S(=O)(=O)c1ccc(C(=O)NCCN2CCNCC2)cc1. The van der Waals surface area contributed by atoms with Crippen molar-refractivity contribution in [3.63, 3.8) is 0 Å². The first-order chi connectivity index (χ1) is 13.0. The predicted octanol–water partition coefficient (Wildman–Crippen LogP) is 0.885. The third-order valence-electron chi connectivity index (χ3n) is 5.39. The molecule has 1 amide bonds. The van der Waals surface area contributed by atoms with E-state index in [-0.39, 0.29) is 16.8 Å². The number of sulfonamides is 1. The van der Waals surface area contributed by atoms with Gasteiger partial charge in [0.2, 0.25) is 10.0 Å². The standard InChI is InChI=1S/C19H30N4O3S/c1-16-4-2-3-12-23(16)27(25,26)18-7-5-17(6-8-18)19(24)21-11-15-22-13-9-20-10-14-22/h5-8,16,20H,2-4,9-15H2,1H3,(H,21,24). The van der Waals surface area contributed by atoms with Crippen LogP contribution in [0.3, 0.4) is 0 Å². The van der Waals surface area contributed by atoms with E-state index in [1.54, 1.807) is 28.6 Å². The van der Waals surface area contributed by atoms with Crippen molar-refractivity contribution in [1.82, 2.24) is 19.8 Å². The minimum Gasteiger partial charge on any atom is -0.351 e. The second kappa shape index (κ2) is 9.14. The minimum atomic E-state index is -3.50. The molecule has 2 saturated heterocycles. The highest BCUT2D eigenvalue weighted by molar-refractivity contribution is 7.89. The zero-order chi connectivity index (χ0) is 19.3. The van der Waals surface area contributed by atoms with Gasteiger partial charge in [0.25, 0.3) is 5.91 Å². The van der Waals surface area contributed by atoms with Crippen molar-refractivity contribution in [1.29, 1.82) is 0 Å². The summed E-state index contributed by atoms with van der Waals surface area (Å²) in [5.74, 6) is -0.166. The number of amides is 1. The maximum absolute atomic E-state index is 12.8. The van der Waals surface area contributed by atoms with Gasteiger partial charge < -0.3 is 10.6 Å². The number of carbonyl (C=O) groups excluding carboxylic acids is 1.